The highest BCUT2D eigenvalue weighted by Gasteiger charge is 2.42. The number of hydrogen-bond donors (Lipinski definition) is 0. The van der Waals surface area contributed by atoms with Gasteiger partial charge in [0.1, 0.15) is 0 Å². The van der Waals surface area contributed by atoms with Gasteiger partial charge in [-0.2, -0.15) is 0 Å². The molecule has 1 aliphatic heterocycles. The molecule has 0 spiro atoms. The molecule has 0 radical (unpaired) electrons. The molecular formula is C8H16OS. The zero-order chi connectivity index (χ0) is 7.99. The smallest absolute Gasteiger partial charge is 0.0408 e. The molecule has 60 valence electrons. The summed E-state index contributed by atoms with van der Waals surface area (Å²) in [6.07, 6.45) is 1.09. The van der Waals surface area contributed by atoms with Crippen LogP contribution in [0.3, 0.4) is 0 Å². The molecule has 1 aliphatic rings. The first-order valence-electron chi connectivity index (χ1n) is 3.72. The van der Waals surface area contributed by atoms with Crippen LogP contribution in [0.4, 0.5) is 0 Å². The summed E-state index contributed by atoms with van der Waals surface area (Å²) < 4.78 is 11.5. The van der Waals surface area contributed by atoms with Crippen molar-refractivity contribution in [1.29, 1.82) is 0 Å². The fourth-order valence-electron chi connectivity index (χ4n) is 1.83. The summed E-state index contributed by atoms with van der Waals surface area (Å²) in [5.41, 5.74) is 0.300. The molecule has 1 saturated heterocycles. The van der Waals surface area contributed by atoms with Gasteiger partial charge in [-0.3, -0.25) is 4.21 Å². The molecule has 0 aliphatic carbocycles. The van der Waals surface area contributed by atoms with Crippen LogP contribution in [0, 0.1) is 5.41 Å². The van der Waals surface area contributed by atoms with Crippen molar-refractivity contribution in [2.75, 3.05) is 5.75 Å². The Hall–Kier alpha value is 0.150. The van der Waals surface area contributed by atoms with Crippen LogP contribution in [-0.4, -0.2) is 14.7 Å². The van der Waals surface area contributed by atoms with Crippen molar-refractivity contribution in [2.45, 2.75) is 38.9 Å². The monoisotopic (exact) mass is 160 g/mol. The van der Waals surface area contributed by atoms with Gasteiger partial charge in [-0.1, -0.05) is 13.8 Å². The predicted molar refractivity (Wildman–Crippen MR) is 45.5 cm³/mol. The summed E-state index contributed by atoms with van der Waals surface area (Å²) in [6, 6.07) is 0. The second-order valence-electron chi connectivity index (χ2n) is 4.59. The summed E-state index contributed by atoms with van der Waals surface area (Å²) >= 11 is 0. The van der Waals surface area contributed by atoms with E-state index < -0.39 is 10.8 Å². The molecule has 0 aromatic carbocycles. The van der Waals surface area contributed by atoms with Crippen LogP contribution >= 0.6 is 0 Å². The Morgan fingerprint density at radius 2 is 1.70 bits per heavy atom. The molecule has 0 saturated carbocycles. The maximum atomic E-state index is 11.4. The molecule has 0 aromatic rings. The third-order valence-electron chi connectivity index (χ3n) is 2.04. The van der Waals surface area contributed by atoms with E-state index in [1.165, 1.54) is 0 Å². The van der Waals surface area contributed by atoms with Crippen molar-refractivity contribution in [3.8, 4) is 0 Å². The second-order valence-corrected chi connectivity index (χ2v) is 6.68. The Kier molecular flexibility index (Phi) is 1.70. The first-order valence-corrected chi connectivity index (χ1v) is 5.04. The van der Waals surface area contributed by atoms with Crippen molar-refractivity contribution in [1.82, 2.24) is 0 Å². The van der Waals surface area contributed by atoms with Gasteiger partial charge in [-0.25, -0.2) is 0 Å². The van der Waals surface area contributed by atoms with Crippen LogP contribution in [0.25, 0.3) is 0 Å². The largest absolute Gasteiger partial charge is 0.259 e. The van der Waals surface area contributed by atoms with Gasteiger partial charge < -0.3 is 0 Å². The molecule has 1 unspecified atom stereocenters. The van der Waals surface area contributed by atoms with E-state index in [0.29, 0.717) is 5.41 Å². The molecular weight excluding hydrogens is 144 g/mol. The number of hydrogen-bond acceptors (Lipinski definition) is 1. The van der Waals surface area contributed by atoms with Gasteiger partial charge in [0, 0.05) is 21.3 Å². The predicted octanol–water partition coefficient (Wildman–Crippen LogP) is 1.94. The lowest BCUT2D eigenvalue weighted by Crippen LogP contribution is -2.20. The van der Waals surface area contributed by atoms with Crippen LogP contribution in [0.15, 0.2) is 0 Å². The standard InChI is InChI=1S/C8H16OS/c1-7(2)5-8(3,4)10(9)6-7/h5-6H2,1-4H3. The molecule has 1 fully saturated rings. The van der Waals surface area contributed by atoms with E-state index in [9.17, 15) is 4.21 Å². The zero-order valence-electron chi connectivity index (χ0n) is 7.23. The minimum absolute atomic E-state index is 0.0590. The Balaban J connectivity index is 2.81. The lowest BCUT2D eigenvalue weighted by atomic mass is 9.86. The molecule has 1 heterocycles. The minimum atomic E-state index is -0.603. The van der Waals surface area contributed by atoms with E-state index in [1.54, 1.807) is 0 Å². The fraction of sp³-hybridized carbons (Fsp3) is 1.00. The third-order valence-corrected chi connectivity index (χ3v) is 4.46. The van der Waals surface area contributed by atoms with Gasteiger partial charge in [0.25, 0.3) is 0 Å². The van der Waals surface area contributed by atoms with Crippen molar-refractivity contribution in [2.24, 2.45) is 5.41 Å². The normalized spacial score (nSPS) is 36.2. The van der Waals surface area contributed by atoms with Gasteiger partial charge in [0.15, 0.2) is 0 Å². The maximum absolute atomic E-state index is 11.4. The van der Waals surface area contributed by atoms with Crippen LogP contribution in [-0.2, 0) is 10.8 Å². The van der Waals surface area contributed by atoms with Gasteiger partial charge in [-0.05, 0) is 25.7 Å². The Labute approximate surface area is 65.7 Å². The topological polar surface area (TPSA) is 17.1 Å². The molecule has 0 N–H and O–H groups in total. The molecule has 0 amide bonds. The Morgan fingerprint density at radius 1 is 1.20 bits per heavy atom. The average Bonchev–Trinajstić information content (AvgIpc) is 1.73. The van der Waals surface area contributed by atoms with Crippen LogP contribution in [0.5, 0.6) is 0 Å². The van der Waals surface area contributed by atoms with E-state index in [2.05, 4.69) is 27.7 Å². The van der Waals surface area contributed by atoms with Gasteiger partial charge in [0.2, 0.25) is 0 Å². The van der Waals surface area contributed by atoms with E-state index in [-0.39, 0.29) is 4.75 Å². The Morgan fingerprint density at radius 3 is 1.80 bits per heavy atom. The molecule has 2 heteroatoms. The van der Waals surface area contributed by atoms with Crippen LogP contribution in [0.2, 0.25) is 0 Å². The molecule has 0 aromatic heterocycles. The van der Waals surface area contributed by atoms with Gasteiger partial charge in [0.05, 0.1) is 0 Å². The highest BCUT2D eigenvalue weighted by Crippen LogP contribution is 2.40. The second kappa shape index (κ2) is 2.07. The SMILES string of the molecule is CC1(C)CS(=O)C(C)(C)C1. The minimum Gasteiger partial charge on any atom is -0.259 e. The van der Waals surface area contributed by atoms with Crippen molar-refractivity contribution < 1.29 is 4.21 Å². The Bertz CT molecular complexity index is 170. The lowest BCUT2D eigenvalue weighted by molar-refractivity contribution is 0.374. The fourth-order valence-corrected chi connectivity index (χ4v) is 3.59. The molecule has 1 nitrogen and oxygen atoms in total. The van der Waals surface area contributed by atoms with Gasteiger partial charge in [-0.15, -0.1) is 0 Å². The van der Waals surface area contributed by atoms with Crippen LogP contribution < -0.4 is 0 Å². The first-order chi connectivity index (χ1) is 4.33. The summed E-state index contributed by atoms with van der Waals surface area (Å²) in [4.78, 5) is 0. The summed E-state index contributed by atoms with van der Waals surface area (Å²) in [5, 5.41) is 0. The summed E-state index contributed by atoms with van der Waals surface area (Å²) in [5.74, 6) is 0.875. The zero-order valence-corrected chi connectivity index (χ0v) is 8.05. The highest BCUT2D eigenvalue weighted by molar-refractivity contribution is 7.86. The molecule has 10 heavy (non-hydrogen) atoms. The maximum Gasteiger partial charge on any atom is 0.0408 e. The summed E-state index contributed by atoms with van der Waals surface area (Å²) in [6.45, 7) is 8.58. The highest BCUT2D eigenvalue weighted by atomic mass is 32.2. The van der Waals surface area contributed by atoms with E-state index in [1.807, 2.05) is 0 Å². The van der Waals surface area contributed by atoms with Crippen molar-refractivity contribution >= 4 is 10.8 Å². The quantitative estimate of drug-likeness (QED) is 0.529. The third kappa shape index (κ3) is 1.42. The van der Waals surface area contributed by atoms with E-state index in [0.717, 1.165) is 12.2 Å². The number of rotatable bonds is 0. The van der Waals surface area contributed by atoms with Crippen LogP contribution in [0.1, 0.15) is 34.1 Å². The van der Waals surface area contributed by atoms with Crippen molar-refractivity contribution in [3.63, 3.8) is 0 Å². The average molecular weight is 160 g/mol. The lowest BCUT2D eigenvalue weighted by Gasteiger charge is -2.18. The van der Waals surface area contributed by atoms with E-state index in [4.69, 9.17) is 0 Å². The van der Waals surface area contributed by atoms with Gasteiger partial charge >= 0.3 is 0 Å². The first kappa shape index (κ1) is 8.25. The molecule has 0 bridgehead atoms. The molecule has 1 atom stereocenters. The molecule has 1 rings (SSSR count). The summed E-state index contributed by atoms with van der Waals surface area (Å²) in [7, 11) is -0.603. The van der Waals surface area contributed by atoms with Crippen molar-refractivity contribution in [3.05, 3.63) is 0 Å². The van der Waals surface area contributed by atoms with E-state index >= 15 is 0 Å².